The summed E-state index contributed by atoms with van der Waals surface area (Å²) < 4.78 is 0. The van der Waals surface area contributed by atoms with Crippen LogP contribution in [0.5, 0.6) is 0 Å². The second kappa shape index (κ2) is 7.41. The molecule has 0 aliphatic carbocycles. The number of amides is 1. The summed E-state index contributed by atoms with van der Waals surface area (Å²) in [5, 5.41) is 3.55. The highest BCUT2D eigenvalue weighted by molar-refractivity contribution is 7.12. The fourth-order valence-electron chi connectivity index (χ4n) is 2.90. The van der Waals surface area contributed by atoms with Crippen LogP contribution in [0.15, 0.2) is 12.1 Å². The van der Waals surface area contributed by atoms with Crippen LogP contribution in [0.4, 0.5) is 0 Å². The van der Waals surface area contributed by atoms with Gasteiger partial charge < -0.3 is 4.90 Å². The molecular formula is C17H28N2OS. The Labute approximate surface area is 132 Å². The van der Waals surface area contributed by atoms with Crippen molar-refractivity contribution in [1.29, 1.82) is 0 Å². The van der Waals surface area contributed by atoms with Gasteiger partial charge in [0.1, 0.15) is 6.17 Å². The zero-order valence-electron chi connectivity index (χ0n) is 13.7. The number of carbonyl (C=O) groups is 1. The normalized spacial score (nSPS) is 22.5. The Morgan fingerprint density at radius 1 is 1.29 bits per heavy atom. The van der Waals surface area contributed by atoms with Crippen molar-refractivity contribution in [2.24, 2.45) is 5.92 Å². The van der Waals surface area contributed by atoms with E-state index in [1.165, 1.54) is 29.0 Å². The van der Waals surface area contributed by atoms with Crippen LogP contribution in [0.3, 0.4) is 0 Å². The van der Waals surface area contributed by atoms with Crippen LogP contribution < -0.4 is 5.32 Å². The van der Waals surface area contributed by atoms with Crippen molar-refractivity contribution in [3.8, 4) is 0 Å². The standard InChI is InChI=1S/C17H28N2OS/c1-5-6-7-8-11-19-16(14-10-9-13(4)21-14)18-15(12(2)3)17(19)20/h9-10,12,15-16,18H,5-8,11H2,1-4H3. The first-order valence-corrected chi connectivity index (χ1v) is 8.99. The van der Waals surface area contributed by atoms with Crippen molar-refractivity contribution in [2.45, 2.75) is 65.6 Å². The lowest BCUT2D eigenvalue weighted by atomic mass is 10.0. The van der Waals surface area contributed by atoms with Gasteiger partial charge in [-0.1, -0.05) is 40.0 Å². The molecule has 4 heteroatoms. The molecule has 0 saturated carbocycles. The highest BCUT2D eigenvalue weighted by Crippen LogP contribution is 2.32. The molecule has 0 radical (unpaired) electrons. The maximum absolute atomic E-state index is 12.7. The van der Waals surface area contributed by atoms with Gasteiger partial charge >= 0.3 is 0 Å². The Hall–Kier alpha value is -0.870. The summed E-state index contributed by atoms with van der Waals surface area (Å²) in [5.74, 6) is 0.610. The van der Waals surface area contributed by atoms with E-state index in [1.807, 2.05) is 0 Å². The molecule has 2 atom stereocenters. The third kappa shape index (κ3) is 3.86. The Bertz CT molecular complexity index is 469. The number of unbranched alkanes of at least 4 members (excludes halogenated alkanes) is 3. The van der Waals surface area contributed by atoms with Gasteiger partial charge in [0, 0.05) is 16.3 Å². The molecule has 21 heavy (non-hydrogen) atoms. The number of rotatable bonds is 7. The molecule has 1 saturated heterocycles. The molecule has 118 valence electrons. The summed E-state index contributed by atoms with van der Waals surface area (Å²) in [4.78, 5) is 17.3. The number of hydrogen-bond acceptors (Lipinski definition) is 3. The van der Waals surface area contributed by atoms with Gasteiger partial charge in [0.2, 0.25) is 5.91 Å². The first-order valence-electron chi connectivity index (χ1n) is 8.17. The molecule has 0 bridgehead atoms. The summed E-state index contributed by atoms with van der Waals surface area (Å²) in [7, 11) is 0. The molecule has 1 N–H and O–H groups in total. The lowest BCUT2D eigenvalue weighted by Crippen LogP contribution is -2.35. The van der Waals surface area contributed by atoms with Crippen molar-refractivity contribution in [1.82, 2.24) is 10.2 Å². The number of nitrogens with one attached hydrogen (secondary N) is 1. The van der Waals surface area contributed by atoms with E-state index in [-0.39, 0.29) is 18.1 Å². The van der Waals surface area contributed by atoms with Gasteiger partial charge in [-0.2, -0.15) is 0 Å². The van der Waals surface area contributed by atoms with E-state index in [0.29, 0.717) is 5.92 Å². The molecule has 1 aromatic heterocycles. The molecule has 2 rings (SSSR count). The Balaban J connectivity index is 2.09. The second-order valence-corrected chi connectivity index (χ2v) is 7.65. The highest BCUT2D eigenvalue weighted by atomic mass is 32.1. The quantitative estimate of drug-likeness (QED) is 0.769. The van der Waals surface area contributed by atoms with Gasteiger partial charge in [-0.25, -0.2) is 0 Å². The molecular weight excluding hydrogens is 280 g/mol. The second-order valence-electron chi connectivity index (χ2n) is 6.33. The summed E-state index contributed by atoms with van der Waals surface area (Å²) in [6.07, 6.45) is 4.88. The van der Waals surface area contributed by atoms with E-state index in [4.69, 9.17) is 0 Å². The first-order chi connectivity index (χ1) is 10.0. The molecule has 1 aromatic rings. The van der Waals surface area contributed by atoms with Crippen LogP contribution in [0, 0.1) is 12.8 Å². The van der Waals surface area contributed by atoms with E-state index in [1.54, 1.807) is 11.3 Å². The van der Waals surface area contributed by atoms with E-state index >= 15 is 0 Å². The van der Waals surface area contributed by atoms with Gasteiger partial charge in [-0.15, -0.1) is 11.3 Å². The van der Waals surface area contributed by atoms with Crippen molar-refractivity contribution in [3.63, 3.8) is 0 Å². The molecule has 1 amide bonds. The van der Waals surface area contributed by atoms with Gasteiger partial charge in [-0.3, -0.25) is 10.1 Å². The minimum absolute atomic E-state index is 0.0384. The maximum Gasteiger partial charge on any atom is 0.241 e. The lowest BCUT2D eigenvalue weighted by Gasteiger charge is -2.23. The predicted molar refractivity (Wildman–Crippen MR) is 89.4 cm³/mol. The minimum Gasteiger partial charge on any atom is -0.321 e. The highest BCUT2D eigenvalue weighted by Gasteiger charge is 2.41. The van der Waals surface area contributed by atoms with Crippen LogP contribution in [0.25, 0.3) is 0 Å². The summed E-state index contributed by atoms with van der Waals surface area (Å²) in [5.41, 5.74) is 0. The fourth-order valence-corrected chi connectivity index (χ4v) is 3.85. The van der Waals surface area contributed by atoms with E-state index in [0.717, 1.165) is 13.0 Å². The van der Waals surface area contributed by atoms with Crippen molar-refractivity contribution >= 4 is 17.2 Å². The number of nitrogens with zero attached hydrogens (tertiary/aromatic N) is 1. The van der Waals surface area contributed by atoms with E-state index in [2.05, 4.69) is 50.0 Å². The third-order valence-corrected chi connectivity index (χ3v) is 5.20. The van der Waals surface area contributed by atoms with Crippen LogP contribution in [0.1, 0.15) is 62.4 Å². The summed E-state index contributed by atoms with van der Waals surface area (Å²) in [6.45, 7) is 9.45. The number of thiophene rings is 1. The van der Waals surface area contributed by atoms with Crippen LogP contribution in [-0.2, 0) is 4.79 Å². The summed E-state index contributed by atoms with van der Waals surface area (Å²) in [6, 6.07) is 4.26. The SMILES string of the molecule is CCCCCCN1C(=O)C(C(C)C)NC1c1ccc(C)s1. The topological polar surface area (TPSA) is 32.3 Å². The third-order valence-electron chi connectivity index (χ3n) is 4.15. The van der Waals surface area contributed by atoms with Crippen molar-refractivity contribution in [3.05, 3.63) is 21.9 Å². The smallest absolute Gasteiger partial charge is 0.241 e. The maximum atomic E-state index is 12.7. The molecule has 1 aliphatic rings. The first kappa shape index (κ1) is 16.5. The Kier molecular flexibility index (Phi) is 5.82. The molecule has 2 heterocycles. The van der Waals surface area contributed by atoms with Crippen molar-refractivity contribution < 1.29 is 4.79 Å². The molecule has 3 nitrogen and oxygen atoms in total. The number of hydrogen-bond donors (Lipinski definition) is 1. The lowest BCUT2D eigenvalue weighted by molar-refractivity contribution is -0.130. The van der Waals surface area contributed by atoms with Crippen LogP contribution in [0.2, 0.25) is 0 Å². The predicted octanol–water partition coefficient (Wildman–Crippen LogP) is 4.09. The zero-order valence-corrected chi connectivity index (χ0v) is 14.5. The summed E-state index contributed by atoms with van der Waals surface area (Å²) >= 11 is 1.79. The van der Waals surface area contributed by atoms with Gasteiger partial charge in [0.25, 0.3) is 0 Å². The average molecular weight is 308 g/mol. The monoisotopic (exact) mass is 308 g/mol. The molecule has 2 unspecified atom stereocenters. The Morgan fingerprint density at radius 3 is 2.62 bits per heavy atom. The largest absolute Gasteiger partial charge is 0.321 e. The number of carbonyl (C=O) groups excluding carboxylic acids is 1. The zero-order chi connectivity index (χ0) is 15.4. The average Bonchev–Trinajstić information content (AvgIpc) is 2.99. The Morgan fingerprint density at radius 2 is 2.05 bits per heavy atom. The number of aryl methyl sites for hydroxylation is 1. The van der Waals surface area contributed by atoms with Gasteiger partial charge in [0.05, 0.1) is 6.04 Å². The van der Waals surface area contributed by atoms with Gasteiger partial charge in [-0.05, 0) is 31.4 Å². The fraction of sp³-hybridized carbons (Fsp3) is 0.706. The molecule has 0 aromatic carbocycles. The minimum atomic E-state index is -0.0384. The van der Waals surface area contributed by atoms with Crippen LogP contribution in [-0.4, -0.2) is 23.4 Å². The molecule has 1 aliphatic heterocycles. The van der Waals surface area contributed by atoms with E-state index in [9.17, 15) is 4.79 Å². The molecule has 0 spiro atoms. The van der Waals surface area contributed by atoms with Crippen LogP contribution >= 0.6 is 11.3 Å². The van der Waals surface area contributed by atoms with E-state index < -0.39 is 0 Å². The molecule has 1 fully saturated rings. The van der Waals surface area contributed by atoms with Gasteiger partial charge in [0.15, 0.2) is 0 Å². The van der Waals surface area contributed by atoms with Crippen molar-refractivity contribution in [2.75, 3.05) is 6.54 Å².